The number of carbonyl (C=O) groups excluding carboxylic acids is 1. The Kier molecular flexibility index (Phi) is 4.40. The van der Waals surface area contributed by atoms with E-state index < -0.39 is 6.17 Å². The van der Waals surface area contributed by atoms with Crippen LogP contribution in [0.2, 0.25) is 0 Å². The van der Waals surface area contributed by atoms with Crippen LogP contribution >= 0.6 is 12.2 Å². The topological polar surface area (TPSA) is 92.4 Å². The van der Waals surface area contributed by atoms with Gasteiger partial charge < -0.3 is 10.7 Å². The van der Waals surface area contributed by atoms with Gasteiger partial charge in [-0.05, 0) is 23.8 Å². The fraction of sp³-hybridized carbons (Fsp3) is 0.125. The first kappa shape index (κ1) is 15.3. The summed E-state index contributed by atoms with van der Waals surface area (Å²) in [7, 11) is 0. The second kappa shape index (κ2) is 6.64. The Hall–Kier alpha value is -2.64. The molecule has 2 heterocycles. The van der Waals surface area contributed by atoms with Gasteiger partial charge in [-0.2, -0.15) is 0 Å². The summed E-state index contributed by atoms with van der Waals surface area (Å²) >= 11 is 4.99. The highest BCUT2D eigenvalue weighted by Crippen LogP contribution is 2.19. The molecule has 2 aromatic rings. The van der Waals surface area contributed by atoms with E-state index in [1.54, 1.807) is 6.20 Å². The Morgan fingerprint density at radius 2 is 2.00 bits per heavy atom. The first-order chi connectivity index (χ1) is 11.2. The average Bonchev–Trinajstić information content (AvgIpc) is 2.72. The molecule has 1 aromatic heterocycles. The number of hydrazine groups is 1. The third-order valence-electron chi connectivity index (χ3n) is 3.49. The van der Waals surface area contributed by atoms with E-state index >= 15 is 0 Å². The van der Waals surface area contributed by atoms with Gasteiger partial charge in [0, 0.05) is 18.2 Å². The lowest BCUT2D eigenvalue weighted by molar-refractivity contribution is -0.119. The Morgan fingerprint density at radius 3 is 2.74 bits per heavy atom. The summed E-state index contributed by atoms with van der Waals surface area (Å²) < 4.78 is 0. The minimum absolute atomic E-state index is 0.0946. The number of rotatable bonds is 2. The number of hydrogen-bond acceptors (Lipinski definition) is 5. The van der Waals surface area contributed by atoms with Crippen molar-refractivity contribution in [1.29, 1.82) is 0 Å². The Labute approximate surface area is 138 Å². The molecule has 0 saturated carbocycles. The van der Waals surface area contributed by atoms with Crippen LogP contribution in [-0.4, -0.2) is 27.8 Å². The van der Waals surface area contributed by atoms with Crippen LogP contribution in [0.4, 0.5) is 0 Å². The summed E-state index contributed by atoms with van der Waals surface area (Å²) in [4.78, 5) is 21.5. The summed E-state index contributed by atoms with van der Waals surface area (Å²) in [6.45, 7) is 0. The molecule has 1 unspecified atom stereocenters. The van der Waals surface area contributed by atoms with Gasteiger partial charge in [0.1, 0.15) is 0 Å². The van der Waals surface area contributed by atoms with E-state index in [0.29, 0.717) is 11.4 Å². The monoisotopic (exact) mass is 325 g/mol. The van der Waals surface area contributed by atoms with E-state index in [4.69, 9.17) is 18.1 Å². The Balaban J connectivity index is 2.11. The van der Waals surface area contributed by atoms with E-state index in [-0.39, 0.29) is 17.3 Å². The number of hydrogen-bond donors (Lipinski definition) is 3. The van der Waals surface area contributed by atoms with Crippen molar-refractivity contribution in [2.24, 2.45) is 10.8 Å². The van der Waals surface area contributed by atoms with Crippen molar-refractivity contribution in [3.8, 4) is 0 Å². The van der Waals surface area contributed by atoms with Gasteiger partial charge in [-0.3, -0.25) is 9.78 Å². The molecule has 116 valence electrons. The largest absolute Gasteiger partial charge is 0.334 e. The van der Waals surface area contributed by atoms with Crippen molar-refractivity contribution in [3.63, 3.8) is 0 Å². The number of carbonyl (C=O) groups is 1. The summed E-state index contributed by atoms with van der Waals surface area (Å²) in [5, 5.41) is 2.99. The number of aromatic nitrogens is 1. The molecule has 7 heteroatoms. The zero-order valence-electron chi connectivity index (χ0n) is 12.2. The maximum Gasteiger partial charge on any atom is 0.182 e. The molecule has 0 aliphatic carbocycles. The normalized spacial score (nSPS) is 16.8. The highest BCUT2D eigenvalue weighted by Gasteiger charge is 2.27. The Morgan fingerprint density at radius 1 is 1.22 bits per heavy atom. The van der Waals surface area contributed by atoms with E-state index in [0.717, 1.165) is 11.1 Å². The second-order valence-corrected chi connectivity index (χ2v) is 5.43. The van der Waals surface area contributed by atoms with Crippen LogP contribution < -0.4 is 16.6 Å². The number of aliphatic imine (C=N–C) groups is 1. The maximum absolute atomic E-state index is 12.5. The molecule has 1 aliphatic heterocycles. The third-order valence-corrected chi connectivity index (χ3v) is 3.73. The van der Waals surface area contributed by atoms with Gasteiger partial charge in [0.2, 0.25) is 0 Å². The molecule has 0 bridgehead atoms. The highest BCUT2D eigenvalue weighted by atomic mass is 32.1. The van der Waals surface area contributed by atoms with Crippen molar-refractivity contribution in [3.05, 3.63) is 65.5 Å². The van der Waals surface area contributed by atoms with Gasteiger partial charge in [0.05, 0.1) is 11.4 Å². The summed E-state index contributed by atoms with van der Waals surface area (Å²) in [5.74, 6) is 5.18. The molecule has 6 nitrogen and oxygen atoms in total. The molecule has 1 aromatic carbocycles. The van der Waals surface area contributed by atoms with Crippen molar-refractivity contribution < 1.29 is 4.79 Å². The minimum atomic E-state index is -0.803. The predicted molar refractivity (Wildman–Crippen MR) is 91.9 cm³/mol. The number of thiocarbonyl (C=S) groups is 1. The number of nitrogens with one attached hydrogen (secondary N) is 2. The van der Waals surface area contributed by atoms with Crippen LogP contribution in [-0.2, 0) is 11.2 Å². The van der Waals surface area contributed by atoms with Crippen LogP contribution in [0.5, 0.6) is 0 Å². The molecule has 0 fully saturated rings. The predicted octanol–water partition coefficient (Wildman–Crippen LogP) is 0.708. The number of fused-ring (bicyclic) bond motifs is 1. The van der Waals surface area contributed by atoms with E-state index in [9.17, 15) is 4.79 Å². The van der Waals surface area contributed by atoms with E-state index in [1.807, 2.05) is 42.5 Å². The van der Waals surface area contributed by atoms with Gasteiger partial charge in [0.15, 0.2) is 17.1 Å². The van der Waals surface area contributed by atoms with Crippen molar-refractivity contribution in [2.45, 2.75) is 12.6 Å². The van der Waals surface area contributed by atoms with Gasteiger partial charge in [-0.15, -0.1) is 0 Å². The molecular formula is C16H15N5OS. The number of nitrogens with two attached hydrogens (primary N) is 1. The lowest BCUT2D eigenvalue weighted by Gasteiger charge is -2.14. The van der Waals surface area contributed by atoms with Crippen LogP contribution in [0, 0.1) is 0 Å². The Bertz CT molecular complexity index is 775. The molecule has 0 amide bonds. The first-order valence-electron chi connectivity index (χ1n) is 7.06. The SMILES string of the molecule is NNC(=S)NC1N=C(c2ccccc2)c2ncccc2CC1=O. The summed E-state index contributed by atoms with van der Waals surface area (Å²) in [6, 6.07) is 13.3. The van der Waals surface area contributed by atoms with Gasteiger partial charge >= 0.3 is 0 Å². The molecular weight excluding hydrogens is 310 g/mol. The number of ketones is 1. The molecule has 3 rings (SSSR count). The minimum Gasteiger partial charge on any atom is -0.334 e. The number of pyridine rings is 1. The van der Waals surface area contributed by atoms with Crippen molar-refractivity contribution >= 4 is 28.8 Å². The van der Waals surface area contributed by atoms with Gasteiger partial charge in [0.25, 0.3) is 0 Å². The van der Waals surface area contributed by atoms with Gasteiger partial charge in [-0.1, -0.05) is 36.4 Å². The van der Waals surface area contributed by atoms with Gasteiger partial charge in [-0.25, -0.2) is 10.8 Å². The molecule has 4 N–H and O–H groups in total. The molecule has 1 atom stereocenters. The maximum atomic E-state index is 12.5. The molecule has 0 radical (unpaired) electrons. The second-order valence-electron chi connectivity index (χ2n) is 5.02. The molecule has 0 spiro atoms. The zero-order valence-corrected chi connectivity index (χ0v) is 13.0. The number of benzene rings is 1. The third kappa shape index (κ3) is 3.25. The van der Waals surface area contributed by atoms with E-state index in [2.05, 4.69) is 20.7 Å². The highest BCUT2D eigenvalue weighted by molar-refractivity contribution is 7.80. The zero-order chi connectivity index (χ0) is 16.2. The fourth-order valence-corrected chi connectivity index (χ4v) is 2.54. The van der Waals surface area contributed by atoms with E-state index in [1.165, 1.54) is 0 Å². The quantitative estimate of drug-likeness (QED) is 0.428. The van der Waals surface area contributed by atoms with Crippen molar-refractivity contribution in [2.75, 3.05) is 0 Å². The standard InChI is InChI=1S/C16H15N5OS/c17-21-16(23)20-15-12(22)9-11-7-4-8-18-13(11)14(19-15)10-5-2-1-3-6-10/h1-8,15H,9,17H2,(H2,20,21,23). The number of Topliss-reactive ketones (excluding diaryl/α,β-unsaturated/α-hetero) is 1. The van der Waals surface area contributed by atoms with Crippen LogP contribution in [0.15, 0.2) is 53.7 Å². The lowest BCUT2D eigenvalue weighted by atomic mass is 10.0. The summed E-state index contributed by atoms with van der Waals surface area (Å²) in [5.41, 5.74) is 5.41. The molecule has 23 heavy (non-hydrogen) atoms. The molecule has 1 aliphatic rings. The van der Waals surface area contributed by atoms with Crippen LogP contribution in [0.3, 0.4) is 0 Å². The number of nitrogens with zero attached hydrogens (tertiary/aromatic N) is 2. The lowest BCUT2D eigenvalue weighted by Crippen LogP contribution is -2.47. The molecule has 0 saturated heterocycles. The van der Waals surface area contributed by atoms with Crippen molar-refractivity contribution in [1.82, 2.24) is 15.7 Å². The van der Waals surface area contributed by atoms with Crippen LogP contribution in [0.25, 0.3) is 0 Å². The van der Waals surface area contributed by atoms with Crippen LogP contribution in [0.1, 0.15) is 16.8 Å². The first-order valence-corrected chi connectivity index (χ1v) is 7.47. The smallest absolute Gasteiger partial charge is 0.182 e. The summed E-state index contributed by atoms with van der Waals surface area (Å²) in [6.07, 6.45) is 1.12. The average molecular weight is 325 g/mol. The fourth-order valence-electron chi connectivity index (χ4n) is 2.43.